The monoisotopic (exact) mass is 320 g/mol. The zero-order valence-electron chi connectivity index (χ0n) is 12.9. The smallest absolute Gasteiger partial charge is 0.236 e. The molecule has 1 aromatic heterocycles. The van der Waals surface area contributed by atoms with Crippen LogP contribution in [0.1, 0.15) is 30.8 Å². The number of aliphatic hydroxyl groups is 1. The van der Waals surface area contributed by atoms with Gasteiger partial charge in [-0.15, -0.1) is 0 Å². The van der Waals surface area contributed by atoms with E-state index >= 15 is 0 Å². The standard InChI is InChI=1S/C17H21ClN2O2/c1-12(2)10-15-17(20-14(8-9-21)16(18)19-15)22-11-13-6-4-3-5-7-13/h3-7,12,21H,8-11H2,1-2H3. The molecule has 1 aromatic carbocycles. The quantitative estimate of drug-likeness (QED) is 0.849. The Morgan fingerprint density at radius 3 is 2.50 bits per heavy atom. The number of hydrogen-bond acceptors (Lipinski definition) is 4. The van der Waals surface area contributed by atoms with Crippen molar-refractivity contribution in [2.45, 2.75) is 33.3 Å². The summed E-state index contributed by atoms with van der Waals surface area (Å²) >= 11 is 6.14. The summed E-state index contributed by atoms with van der Waals surface area (Å²) in [6, 6.07) is 9.91. The summed E-state index contributed by atoms with van der Waals surface area (Å²) in [5, 5.41) is 9.43. The molecule has 4 nitrogen and oxygen atoms in total. The topological polar surface area (TPSA) is 55.2 Å². The van der Waals surface area contributed by atoms with E-state index in [2.05, 4.69) is 23.8 Å². The second-order valence-corrected chi connectivity index (χ2v) is 5.92. The minimum atomic E-state index is -0.0178. The van der Waals surface area contributed by atoms with Gasteiger partial charge >= 0.3 is 0 Å². The van der Waals surface area contributed by atoms with Gasteiger partial charge in [0.05, 0.1) is 5.69 Å². The van der Waals surface area contributed by atoms with Crippen molar-refractivity contribution in [1.29, 1.82) is 0 Å². The summed E-state index contributed by atoms with van der Waals surface area (Å²) in [4.78, 5) is 8.86. The van der Waals surface area contributed by atoms with Crippen LogP contribution in [-0.4, -0.2) is 21.7 Å². The molecule has 22 heavy (non-hydrogen) atoms. The first-order valence-corrected chi connectivity index (χ1v) is 7.80. The van der Waals surface area contributed by atoms with Crippen molar-refractivity contribution < 1.29 is 9.84 Å². The summed E-state index contributed by atoms with van der Waals surface area (Å²) in [7, 11) is 0. The Kier molecular flexibility index (Phi) is 6.16. The zero-order valence-corrected chi connectivity index (χ0v) is 13.7. The van der Waals surface area contributed by atoms with Gasteiger partial charge in [0.1, 0.15) is 12.3 Å². The summed E-state index contributed by atoms with van der Waals surface area (Å²) in [6.07, 6.45) is 1.12. The first-order chi connectivity index (χ1) is 10.6. The molecule has 118 valence electrons. The third-order valence-corrected chi connectivity index (χ3v) is 3.43. The molecule has 5 heteroatoms. The highest BCUT2D eigenvalue weighted by Crippen LogP contribution is 2.23. The van der Waals surface area contributed by atoms with Gasteiger partial charge in [0.25, 0.3) is 0 Å². The molecular formula is C17H21ClN2O2. The fourth-order valence-electron chi connectivity index (χ4n) is 2.09. The maximum atomic E-state index is 9.09. The number of benzene rings is 1. The van der Waals surface area contributed by atoms with Crippen LogP contribution in [0.15, 0.2) is 30.3 Å². The van der Waals surface area contributed by atoms with Crippen LogP contribution >= 0.6 is 11.6 Å². The molecule has 0 spiro atoms. The average Bonchev–Trinajstić information content (AvgIpc) is 2.49. The van der Waals surface area contributed by atoms with E-state index in [0.29, 0.717) is 35.7 Å². The molecule has 0 aliphatic rings. The molecule has 2 rings (SSSR count). The molecule has 1 N–H and O–H groups in total. The lowest BCUT2D eigenvalue weighted by Crippen LogP contribution is -2.09. The Morgan fingerprint density at radius 1 is 1.14 bits per heavy atom. The third-order valence-electron chi connectivity index (χ3n) is 3.12. The van der Waals surface area contributed by atoms with E-state index in [9.17, 15) is 0 Å². The number of hydrogen-bond donors (Lipinski definition) is 1. The molecule has 0 saturated heterocycles. The van der Waals surface area contributed by atoms with Gasteiger partial charge in [-0.25, -0.2) is 9.97 Å². The lowest BCUT2D eigenvalue weighted by atomic mass is 10.1. The molecule has 0 radical (unpaired) electrons. The fourth-order valence-corrected chi connectivity index (χ4v) is 2.33. The third kappa shape index (κ3) is 4.68. The van der Waals surface area contributed by atoms with E-state index in [-0.39, 0.29) is 6.61 Å². The van der Waals surface area contributed by atoms with Crippen molar-refractivity contribution in [3.63, 3.8) is 0 Å². The van der Waals surface area contributed by atoms with Crippen molar-refractivity contribution in [1.82, 2.24) is 9.97 Å². The highest BCUT2D eigenvalue weighted by atomic mass is 35.5. The minimum absolute atomic E-state index is 0.0178. The van der Waals surface area contributed by atoms with Gasteiger partial charge in [-0.3, -0.25) is 0 Å². The summed E-state index contributed by atoms with van der Waals surface area (Å²) in [5.74, 6) is 0.929. The van der Waals surface area contributed by atoms with E-state index < -0.39 is 0 Å². The highest BCUT2D eigenvalue weighted by Gasteiger charge is 2.15. The van der Waals surface area contributed by atoms with Crippen molar-refractivity contribution in [3.05, 3.63) is 52.4 Å². The van der Waals surface area contributed by atoms with E-state index in [1.54, 1.807) is 0 Å². The van der Waals surface area contributed by atoms with Gasteiger partial charge in [0.15, 0.2) is 5.15 Å². The molecule has 2 aromatic rings. The summed E-state index contributed by atoms with van der Waals surface area (Å²) < 4.78 is 5.85. The lowest BCUT2D eigenvalue weighted by molar-refractivity contribution is 0.280. The van der Waals surface area contributed by atoms with Crippen molar-refractivity contribution in [2.24, 2.45) is 5.92 Å². The number of nitrogens with zero attached hydrogens (tertiary/aromatic N) is 2. The Labute approximate surface area is 136 Å². The van der Waals surface area contributed by atoms with E-state index in [1.807, 2.05) is 30.3 Å². The van der Waals surface area contributed by atoms with Crippen LogP contribution in [-0.2, 0) is 19.4 Å². The lowest BCUT2D eigenvalue weighted by Gasteiger charge is -2.14. The van der Waals surface area contributed by atoms with Gasteiger partial charge in [-0.2, -0.15) is 0 Å². The van der Waals surface area contributed by atoms with Crippen molar-refractivity contribution in [3.8, 4) is 5.88 Å². The Bertz CT molecular complexity index is 603. The molecule has 1 heterocycles. The van der Waals surface area contributed by atoms with E-state index in [4.69, 9.17) is 21.4 Å². The molecule has 0 bridgehead atoms. The molecule has 0 aliphatic heterocycles. The van der Waals surface area contributed by atoms with E-state index in [1.165, 1.54) is 0 Å². The van der Waals surface area contributed by atoms with Gasteiger partial charge in [0, 0.05) is 13.0 Å². The van der Waals surface area contributed by atoms with E-state index in [0.717, 1.165) is 17.7 Å². The van der Waals surface area contributed by atoms with Crippen LogP contribution < -0.4 is 4.74 Å². The summed E-state index contributed by atoms with van der Waals surface area (Å²) in [5.41, 5.74) is 2.40. The van der Waals surface area contributed by atoms with Gasteiger partial charge in [0.2, 0.25) is 5.88 Å². The highest BCUT2D eigenvalue weighted by molar-refractivity contribution is 6.30. The second kappa shape index (κ2) is 8.11. The molecular weight excluding hydrogens is 300 g/mol. The maximum Gasteiger partial charge on any atom is 0.236 e. The predicted molar refractivity (Wildman–Crippen MR) is 87.1 cm³/mol. The first kappa shape index (κ1) is 16.7. The average molecular weight is 321 g/mol. The van der Waals surface area contributed by atoms with Gasteiger partial charge in [-0.05, 0) is 17.9 Å². The molecule has 0 atom stereocenters. The number of aromatic nitrogens is 2. The van der Waals surface area contributed by atoms with Crippen molar-refractivity contribution >= 4 is 11.6 Å². The minimum Gasteiger partial charge on any atom is -0.471 e. The predicted octanol–water partition coefficient (Wildman–Crippen LogP) is 3.44. The zero-order chi connectivity index (χ0) is 15.9. The van der Waals surface area contributed by atoms with Crippen LogP contribution in [0.3, 0.4) is 0 Å². The number of halogens is 1. The van der Waals surface area contributed by atoms with Crippen LogP contribution in [0.25, 0.3) is 0 Å². The van der Waals surface area contributed by atoms with Crippen LogP contribution in [0.4, 0.5) is 0 Å². The largest absolute Gasteiger partial charge is 0.471 e. The molecule has 0 amide bonds. The molecule has 0 unspecified atom stereocenters. The van der Waals surface area contributed by atoms with Crippen LogP contribution in [0.2, 0.25) is 5.15 Å². The Morgan fingerprint density at radius 2 is 1.86 bits per heavy atom. The number of ether oxygens (including phenoxy) is 1. The second-order valence-electron chi connectivity index (χ2n) is 5.56. The fraction of sp³-hybridized carbons (Fsp3) is 0.412. The maximum absolute atomic E-state index is 9.09. The normalized spacial score (nSPS) is 11.0. The Balaban J connectivity index is 2.23. The van der Waals surface area contributed by atoms with Crippen LogP contribution in [0.5, 0.6) is 5.88 Å². The molecule has 0 fully saturated rings. The SMILES string of the molecule is CC(C)Cc1nc(Cl)c(CCO)nc1OCc1ccccc1. The number of rotatable bonds is 7. The van der Waals surface area contributed by atoms with Gasteiger partial charge in [-0.1, -0.05) is 55.8 Å². The first-order valence-electron chi connectivity index (χ1n) is 7.43. The van der Waals surface area contributed by atoms with Crippen molar-refractivity contribution in [2.75, 3.05) is 6.61 Å². The molecule has 0 saturated carbocycles. The van der Waals surface area contributed by atoms with Crippen LogP contribution in [0, 0.1) is 5.92 Å². The summed E-state index contributed by atoms with van der Waals surface area (Å²) in [6.45, 7) is 4.63. The number of aliphatic hydroxyl groups excluding tert-OH is 1. The van der Waals surface area contributed by atoms with Gasteiger partial charge < -0.3 is 9.84 Å². The molecule has 0 aliphatic carbocycles. The Hall–Kier alpha value is -1.65.